The Morgan fingerprint density at radius 2 is 2.00 bits per heavy atom. The molecule has 5 nitrogen and oxygen atoms in total. The van der Waals surface area contributed by atoms with Gasteiger partial charge in [-0.1, -0.05) is 11.6 Å². The molecular formula is C17H27N3O2. The third kappa shape index (κ3) is 3.20. The fourth-order valence-corrected chi connectivity index (χ4v) is 4.03. The molecule has 3 fully saturated rings. The van der Waals surface area contributed by atoms with Crippen molar-refractivity contribution in [2.45, 2.75) is 69.9 Å². The number of hydrogen-bond acceptors (Lipinski definition) is 5. The minimum atomic E-state index is 0.479. The molecule has 2 unspecified atom stereocenters. The molecule has 0 radical (unpaired) electrons. The predicted octanol–water partition coefficient (Wildman–Crippen LogP) is 3.12. The van der Waals surface area contributed by atoms with Gasteiger partial charge in [-0.15, -0.1) is 0 Å². The summed E-state index contributed by atoms with van der Waals surface area (Å²) in [4.78, 5) is 7.10. The summed E-state index contributed by atoms with van der Waals surface area (Å²) in [6, 6.07) is 0. The summed E-state index contributed by atoms with van der Waals surface area (Å²) >= 11 is 0. The van der Waals surface area contributed by atoms with Crippen molar-refractivity contribution >= 4 is 0 Å². The van der Waals surface area contributed by atoms with Crippen molar-refractivity contribution in [3.8, 4) is 0 Å². The van der Waals surface area contributed by atoms with E-state index in [0.29, 0.717) is 17.9 Å². The van der Waals surface area contributed by atoms with E-state index in [2.05, 4.69) is 15.0 Å². The highest BCUT2D eigenvalue weighted by Crippen LogP contribution is 2.35. The first-order chi connectivity index (χ1) is 10.9. The second-order valence-corrected chi connectivity index (χ2v) is 7.22. The van der Waals surface area contributed by atoms with E-state index in [4.69, 9.17) is 9.26 Å². The Bertz CT molecular complexity index is 480. The summed E-state index contributed by atoms with van der Waals surface area (Å²) in [5, 5.41) is 4.19. The molecule has 2 atom stereocenters. The van der Waals surface area contributed by atoms with Crippen molar-refractivity contribution in [2.75, 3.05) is 19.7 Å². The van der Waals surface area contributed by atoms with Crippen LogP contribution in [0.3, 0.4) is 0 Å². The first kappa shape index (κ1) is 14.6. The quantitative estimate of drug-likeness (QED) is 0.855. The average molecular weight is 305 g/mol. The first-order valence-corrected chi connectivity index (χ1v) is 9.05. The lowest BCUT2D eigenvalue weighted by atomic mass is 9.85. The zero-order chi connectivity index (χ0) is 14.8. The van der Waals surface area contributed by atoms with Gasteiger partial charge in [-0.25, -0.2) is 0 Å². The number of hydrogen-bond donors (Lipinski definition) is 0. The number of nitrogens with zero attached hydrogens (tertiary/aromatic N) is 3. The highest BCUT2D eigenvalue weighted by molar-refractivity contribution is 4.98. The van der Waals surface area contributed by atoms with Crippen LogP contribution in [0.25, 0.3) is 0 Å². The third-order valence-corrected chi connectivity index (χ3v) is 5.59. The van der Waals surface area contributed by atoms with Crippen LogP contribution in [0.1, 0.15) is 69.0 Å². The van der Waals surface area contributed by atoms with Crippen molar-refractivity contribution in [1.29, 1.82) is 0 Å². The third-order valence-electron chi connectivity index (χ3n) is 5.59. The largest absolute Gasteiger partial charge is 0.378 e. The molecule has 0 N–H and O–H groups in total. The van der Waals surface area contributed by atoms with Crippen LogP contribution < -0.4 is 0 Å². The molecule has 22 heavy (non-hydrogen) atoms. The zero-order valence-corrected chi connectivity index (χ0v) is 13.4. The second-order valence-electron chi connectivity index (χ2n) is 7.22. The van der Waals surface area contributed by atoms with E-state index in [-0.39, 0.29) is 0 Å². The van der Waals surface area contributed by atoms with Gasteiger partial charge in [0.25, 0.3) is 0 Å². The van der Waals surface area contributed by atoms with Crippen LogP contribution in [0.5, 0.6) is 0 Å². The molecule has 122 valence electrons. The lowest BCUT2D eigenvalue weighted by molar-refractivity contribution is -0.0424. The van der Waals surface area contributed by atoms with Gasteiger partial charge in [-0.3, -0.25) is 4.90 Å². The van der Waals surface area contributed by atoms with E-state index in [0.717, 1.165) is 38.0 Å². The minimum absolute atomic E-state index is 0.479. The molecule has 5 heteroatoms. The zero-order valence-electron chi connectivity index (χ0n) is 13.4. The van der Waals surface area contributed by atoms with Gasteiger partial charge in [-0.05, 0) is 57.4 Å². The van der Waals surface area contributed by atoms with E-state index >= 15 is 0 Å². The van der Waals surface area contributed by atoms with Crippen molar-refractivity contribution in [1.82, 2.24) is 15.0 Å². The monoisotopic (exact) mass is 305 g/mol. The molecule has 0 amide bonds. The van der Waals surface area contributed by atoms with Crippen LogP contribution >= 0.6 is 0 Å². The highest BCUT2D eigenvalue weighted by Gasteiger charge is 2.30. The predicted molar refractivity (Wildman–Crippen MR) is 82.5 cm³/mol. The van der Waals surface area contributed by atoms with E-state index in [1.165, 1.54) is 51.4 Å². The number of likely N-dealkylation sites (tertiary alicyclic amines) is 1. The van der Waals surface area contributed by atoms with E-state index in [1.54, 1.807) is 0 Å². The maximum Gasteiger partial charge on any atom is 0.229 e. The summed E-state index contributed by atoms with van der Waals surface area (Å²) in [5.74, 6) is 2.95. The summed E-state index contributed by atoms with van der Waals surface area (Å²) < 4.78 is 11.4. The van der Waals surface area contributed by atoms with Crippen LogP contribution in [-0.2, 0) is 11.3 Å². The summed E-state index contributed by atoms with van der Waals surface area (Å²) in [6.07, 6.45) is 10.6. The fourth-order valence-electron chi connectivity index (χ4n) is 4.03. The standard InChI is InChI=1S/C17H27N3O2/c1-2-10-21-15(8-1)14-7-4-9-20(11-14)12-16-18-17(22-19-16)13-5-3-6-13/h13-15H,1-12H2. The Kier molecular flexibility index (Phi) is 4.44. The maximum absolute atomic E-state index is 6.00. The minimum Gasteiger partial charge on any atom is -0.378 e. The number of rotatable bonds is 4. The van der Waals surface area contributed by atoms with Crippen LogP contribution in [-0.4, -0.2) is 40.8 Å². The highest BCUT2D eigenvalue weighted by atomic mass is 16.5. The Hall–Kier alpha value is -0.940. The summed E-state index contributed by atoms with van der Waals surface area (Å²) in [6.45, 7) is 4.06. The van der Waals surface area contributed by atoms with Crippen LogP contribution in [0.4, 0.5) is 0 Å². The molecule has 1 aliphatic carbocycles. The van der Waals surface area contributed by atoms with E-state index < -0.39 is 0 Å². The van der Waals surface area contributed by atoms with Crippen LogP contribution in [0, 0.1) is 5.92 Å². The Labute approximate surface area is 132 Å². The summed E-state index contributed by atoms with van der Waals surface area (Å²) in [7, 11) is 0. The average Bonchev–Trinajstić information content (AvgIpc) is 2.95. The van der Waals surface area contributed by atoms with Gasteiger partial charge >= 0.3 is 0 Å². The molecule has 1 aromatic rings. The lowest BCUT2D eigenvalue weighted by Crippen LogP contribution is -2.42. The van der Waals surface area contributed by atoms with Crippen molar-refractivity contribution in [3.63, 3.8) is 0 Å². The van der Waals surface area contributed by atoms with Crippen LogP contribution in [0.15, 0.2) is 4.52 Å². The molecule has 1 aromatic heterocycles. The van der Waals surface area contributed by atoms with E-state index in [1.807, 2.05) is 0 Å². The summed E-state index contributed by atoms with van der Waals surface area (Å²) in [5.41, 5.74) is 0. The molecular weight excluding hydrogens is 278 g/mol. The fraction of sp³-hybridized carbons (Fsp3) is 0.882. The second kappa shape index (κ2) is 6.67. The van der Waals surface area contributed by atoms with Gasteiger partial charge in [0, 0.05) is 19.1 Å². The van der Waals surface area contributed by atoms with Gasteiger partial charge in [0.2, 0.25) is 5.89 Å². The Morgan fingerprint density at radius 3 is 2.77 bits per heavy atom. The Balaban J connectivity index is 1.32. The number of ether oxygens (including phenoxy) is 1. The van der Waals surface area contributed by atoms with Crippen LogP contribution in [0.2, 0.25) is 0 Å². The molecule has 0 spiro atoms. The van der Waals surface area contributed by atoms with Crippen molar-refractivity contribution < 1.29 is 9.26 Å². The number of aromatic nitrogens is 2. The van der Waals surface area contributed by atoms with Crippen molar-refractivity contribution in [3.05, 3.63) is 11.7 Å². The molecule has 3 heterocycles. The lowest BCUT2D eigenvalue weighted by Gasteiger charge is -2.37. The molecule has 2 aliphatic heterocycles. The topological polar surface area (TPSA) is 51.4 Å². The van der Waals surface area contributed by atoms with Gasteiger partial charge < -0.3 is 9.26 Å². The normalized spacial score (nSPS) is 31.1. The number of piperidine rings is 1. The van der Waals surface area contributed by atoms with E-state index in [9.17, 15) is 0 Å². The van der Waals surface area contributed by atoms with Gasteiger partial charge in [-0.2, -0.15) is 4.98 Å². The molecule has 2 saturated heterocycles. The molecule has 0 aromatic carbocycles. The Morgan fingerprint density at radius 1 is 1.05 bits per heavy atom. The van der Waals surface area contributed by atoms with Gasteiger partial charge in [0.15, 0.2) is 5.82 Å². The first-order valence-electron chi connectivity index (χ1n) is 9.05. The molecule has 3 aliphatic rings. The SMILES string of the molecule is C1CCC(C2CCCN(Cc3noc(C4CCC4)n3)C2)OC1. The maximum atomic E-state index is 6.00. The molecule has 0 bridgehead atoms. The van der Waals surface area contributed by atoms with Crippen molar-refractivity contribution in [2.24, 2.45) is 5.92 Å². The van der Waals surface area contributed by atoms with Gasteiger partial charge in [0.1, 0.15) is 0 Å². The molecule has 1 saturated carbocycles. The van der Waals surface area contributed by atoms with Gasteiger partial charge in [0.05, 0.1) is 12.6 Å². The smallest absolute Gasteiger partial charge is 0.229 e. The molecule has 4 rings (SSSR count).